The van der Waals surface area contributed by atoms with Crippen LogP contribution in [0.25, 0.3) is 0 Å². The Balaban J connectivity index is 1.95. The van der Waals surface area contributed by atoms with Crippen molar-refractivity contribution in [2.75, 3.05) is 0 Å². The molecule has 0 aliphatic rings. The first-order valence-electron chi connectivity index (χ1n) is 6.29. The molecule has 2 N–H and O–H groups in total. The summed E-state index contributed by atoms with van der Waals surface area (Å²) < 4.78 is 5.72. The molecule has 2 nitrogen and oxygen atoms in total. The molecule has 2 aromatic rings. The number of nitrogens with two attached hydrogens (primary N) is 1. The molecule has 3 heteroatoms. The van der Waals surface area contributed by atoms with Crippen LogP contribution >= 0.6 is 12.2 Å². The van der Waals surface area contributed by atoms with Crippen molar-refractivity contribution in [3.8, 4) is 5.75 Å². The fraction of sp³-hybridized carbons (Fsp3) is 0.188. The van der Waals surface area contributed by atoms with Gasteiger partial charge >= 0.3 is 0 Å². The van der Waals surface area contributed by atoms with Gasteiger partial charge in [0.1, 0.15) is 17.3 Å². The van der Waals surface area contributed by atoms with E-state index in [-0.39, 0.29) is 0 Å². The lowest BCUT2D eigenvalue weighted by Gasteiger charge is -2.07. The highest BCUT2D eigenvalue weighted by atomic mass is 32.1. The van der Waals surface area contributed by atoms with Gasteiger partial charge in [-0.1, -0.05) is 43.4 Å². The highest BCUT2D eigenvalue weighted by Gasteiger charge is 1.99. The Morgan fingerprint density at radius 3 is 2.11 bits per heavy atom. The summed E-state index contributed by atoms with van der Waals surface area (Å²) in [6.45, 7) is 2.71. The summed E-state index contributed by atoms with van der Waals surface area (Å²) in [4.78, 5) is 0.404. The van der Waals surface area contributed by atoms with E-state index in [0.717, 1.165) is 23.3 Å². The van der Waals surface area contributed by atoms with Gasteiger partial charge in [0, 0.05) is 5.56 Å². The van der Waals surface area contributed by atoms with Crippen molar-refractivity contribution in [1.82, 2.24) is 0 Å². The molecule has 2 rings (SSSR count). The lowest BCUT2D eigenvalue weighted by molar-refractivity contribution is 0.306. The lowest BCUT2D eigenvalue weighted by Crippen LogP contribution is -2.08. The summed E-state index contributed by atoms with van der Waals surface area (Å²) in [7, 11) is 0. The molecule has 0 aliphatic carbocycles. The molecule has 0 fully saturated rings. The summed E-state index contributed by atoms with van der Waals surface area (Å²) in [5.74, 6) is 0.819. The summed E-state index contributed by atoms with van der Waals surface area (Å²) in [5, 5.41) is 0. The van der Waals surface area contributed by atoms with E-state index in [0.29, 0.717) is 11.6 Å². The van der Waals surface area contributed by atoms with Crippen LogP contribution in [0.3, 0.4) is 0 Å². The molecular weight excluding hydrogens is 254 g/mol. The number of rotatable bonds is 5. The molecule has 19 heavy (non-hydrogen) atoms. The largest absolute Gasteiger partial charge is 0.489 e. The molecule has 0 aromatic heterocycles. The third-order valence-electron chi connectivity index (χ3n) is 2.98. The Morgan fingerprint density at radius 2 is 1.58 bits per heavy atom. The summed E-state index contributed by atoms with van der Waals surface area (Å²) in [6, 6.07) is 16.0. The number of thiocarbonyl (C=S) groups is 1. The Morgan fingerprint density at radius 1 is 1.00 bits per heavy atom. The molecule has 0 aliphatic heterocycles. The van der Waals surface area contributed by atoms with E-state index in [9.17, 15) is 0 Å². The summed E-state index contributed by atoms with van der Waals surface area (Å²) >= 11 is 4.91. The van der Waals surface area contributed by atoms with Crippen LogP contribution in [0.1, 0.15) is 23.6 Å². The van der Waals surface area contributed by atoms with Gasteiger partial charge < -0.3 is 10.5 Å². The maximum Gasteiger partial charge on any atom is 0.119 e. The van der Waals surface area contributed by atoms with Crippen LogP contribution in [0, 0.1) is 0 Å². The first-order chi connectivity index (χ1) is 9.19. The van der Waals surface area contributed by atoms with Crippen LogP contribution in [0.15, 0.2) is 48.5 Å². The Kier molecular flexibility index (Phi) is 4.53. The zero-order valence-corrected chi connectivity index (χ0v) is 11.7. The molecule has 0 bridgehead atoms. The highest BCUT2D eigenvalue weighted by Crippen LogP contribution is 2.14. The molecule has 98 valence electrons. The fourth-order valence-corrected chi connectivity index (χ4v) is 1.89. The monoisotopic (exact) mass is 271 g/mol. The van der Waals surface area contributed by atoms with E-state index in [2.05, 4.69) is 31.2 Å². The second-order valence-corrected chi connectivity index (χ2v) is 4.79. The number of benzene rings is 2. The second kappa shape index (κ2) is 6.34. The maximum absolute atomic E-state index is 5.72. The van der Waals surface area contributed by atoms with Gasteiger partial charge in [-0.2, -0.15) is 0 Å². The van der Waals surface area contributed by atoms with Gasteiger partial charge in [0.25, 0.3) is 0 Å². The Labute approximate surface area is 119 Å². The van der Waals surface area contributed by atoms with Crippen molar-refractivity contribution in [3.05, 3.63) is 65.2 Å². The smallest absolute Gasteiger partial charge is 0.119 e. The SMILES string of the molecule is CCc1ccc(COc2ccc(C(N)=S)cc2)cc1. The first kappa shape index (κ1) is 13.6. The minimum Gasteiger partial charge on any atom is -0.489 e. The maximum atomic E-state index is 5.72. The van der Waals surface area contributed by atoms with E-state index in [1.807, 2.05) is 24.3 Å². The topological polar surface area (TPSA) is 35.2 Å². The molecule has 2 aromatic carbocycles. The van der Waals surface area contributed by atoms with Gasteiger partial charge in [-0.05, 0) is 41.8 Å². The molecule has 0 heterocycles. The number of hydrogen-bond donors (Lipinski definition) is 1. The zero-order valence-electron chi connectivity index (χ0n) is 10.9. The third kappa shape index (κ3) is 3.80. The van der Waals surface area contributed by atoms with E-state index in [1.54, 1.807) is 0 Å². The van der Waals surface area contributed by atoms with Crippen molar-refractivity contribution in [2.24, 2.45) is 5.73 Å². The first-order valence-corrected chi connectivity index (χ1v) is 6.70. The van der Waals surface area contributed by atoms with Gasteiger partial charge in [0.2, 0.25) is 0 Å². The molecule has 0 unspecified atom stereocenters. The minimum absolute atomic E-state index is 0.404. The number of aryl methyl sites for hydroxylation is 1. The van der Waals surface area contributed by atoms with Gasteiger partial charge in [0.05, 0.1) is 0 Å². The van der Waals surface area contributed by atoms with Crippen LogP contribution in [0.4, 0.5) is 0 Å². The molecular formula is C16H17NOS. The van der Waals surface area contributed by atoms with Crippen molar-refractivity contribution in [1.29, 1.82) is 0 Å². The van der Waals surface area contributed by atoms with Crippen LogP contribution in [-0.2, 0) is 13.0 Å². The fourth-order valence-electron chi connectivity index (χ4n) is 1.75. The number of ether oxygens (including phenoxy) is 1. The van der Waals surface area contributed by atoms with E-state index in [1.165, 1.54) is 5.56 Å². The average molecular weight is 271 g/mol. The molecule has 0 radical (unpaired) electrons. The van der Waals surface area contributed by atoms with Gasteiger partial charge in [0.15, 0.2) is 0 Å². The van der Waals surface area contributed by atoms with Crippen molar-refractivity contribution in [3.63, 3.8) is 0 Å². The third-order valence-corrected chi connectivity index (χ3v) is 3.21. The summed E-state index contributed by atoms with van der Waals surface area (Å²) in [6.07, 6.45) is 1.06. The van der Waals surface area contributed by atoms with E-state index >= 15 is 0 Å². The second-order valence-electron chi connectivity index (χ2n) is 4.35. The van der Waals surface area contributed by atoms with Crippen LogP contribution in [0.2, 0.25) is 0 Å². The molecule has 0 spiro atoms. The predicted molar refractivity (Wildman–Crippen MR) is 82.5 cm³/mol. The summed E-state index contributed by atoms with van der Waals surface area (Å²) in [5.41, 5.74) is 8.90. The highest BCUT2D eigenvalue weighted by molar-refractivity contribution is 7.80. The van der Waals surface area contributed by atoms with Crippen LogP contribution in [-0.4, -0.2) is 4.99 Å². The quantitative estimate of drug-likeness (QED) is 0.846. The number of hydrogen-bond acceptors (Lipinski definition) is 2. The molecule has 0 amide bonds. The Hall–Kier alpha value is -1.87. The minimum atomic E-state index is 0.404. The van der Waals surface area contributed by atoms with E-state index in [4.69, 9.17) is 22.7 Å². The normalized spacial score (nSPS) is 10.2. The van der Waals surface area contributed by atoms with Crippen molar-refractivity contribution < 1.29 is 4.74 Å². The van der Waals surface area contributed by atoms with Crippen LogP contribution < -0.4 is 10.5 Å². The van der Waals surface area contributed by atoms with E-state index < -0.39 is 0 Å². The average Bonchev–Trinajstić information content (AvgIpc) is 2.46. The lowest BCUT2D eigenvalue weighted by atomic mass is 10.1. The van der Waals surface area contributed by atoms with Crippen molar-refractivity contribution >= 4 is 17.2 Å². The molecule has 0 saturated heterocycles. The standard InChI is InChI=1S/C16H17NOS/c1-2-12-3-5-13(6-4-12)11-18-15-9-7-14(8-10-15)16(17)19/h3-10H,2,11H2,1H3,(H2,17,19). The van der Waals surface area contributed by atoms with Gasteiger partial charge in [-0.25, -0.2) is 0 Å². The van der Waals surface area contributed by atoms with Crippen LogP contribution in [0.5, 0.6) is 5.75 Å². The molecule has 0 saturated carbocycles. The predicted octanol–water partition coefficient (Wildman–Crippen LogP) is 3.46. The van der Waals surface area contributed by atoms with Gasteiger partial charge in [-0.3, -0.25) is 0 Å². The van der Waals surface area contributed by atoms with Crippen molar-refractivity contribution in [2.45, 2.75) is 20.0 Å². The van der Waals surface area contributed by atoms with Gasteiger partial charge in [-0.15, -0.1) is 0 Å². The zero-order chi connectivity index (χ0) is 13.7. The molecule has 0 atom stereocenters. The Bertz CT molecular complexity index is 546.